The summed E-state index contributed by atoms with van der Waals surface area (Å²) in [6.07, 6.45) is -0.292. The van der Waals surface area contributed by atoms with Crippen LogP contribution in [0.2, 0.25) is 0 Å². The number of phenols is 1. The molecule has 0 unspecified atom stereocenters. The average molecular weight is 551 g/mol. The Balaban J connectivity index is 3.15. The van der Waals surface area contributed by atoms with E-state index in [1.54, 1.807) is 26.0 Å². The lowest BCUT2D eigenvalue weighted by Crippen LogP contribution is -2.59. The number of carbonyl (C=O) groups is 6. The zero-order chi connectivity index (χ0) is 29.7. The third-order valence-electron chi connectivity index (χ3n) is 6.13. The van der Waals surface area contributed by atoms with Gasteiger partial charge in [0.25, 0.3) is 0 Å². The molecule has 1 rings (SSSR count). The highest BCUT2D eigenvalue weighted by Crippen LogP contribution is 2.14. The summed E-state index contributed by atoms with van der Waals surface area (Å²) in [5.74, 6) is -5.46. The minimum atomic E-state index is -1.41. The van der Waals surface area contributed by atoms with Crippen LogP contribution in [0.15, 0.2) is 24.3 Å². The van der Waals surface area contributed by atoms with Crippen LogP contribution in [0.4, 0.5) is 0 Å². The Morgan fingerprint density at radius 2 is 1.36 bits per heavy atom. The summed E-state index contributed by atoms with van der Waals surface area (Å²) in [6.45, 7) is 3.45. The van der Waals surface area contributed by atoms with Gasteiger partial charge in [0, 0.05) is 19.3 Å². The van der Waals surface area contributed by atoms with Gasteiger partial charge in [0.15, 0.2) is 0 Å². The number of nitrogens with one attached hydrogen (secondary N) is 3. The van der Waals surface area contributed by atoms with Crippen molar-refractivity contribution < 1.29 is 39.0 Å². The van der Waals surface area contributed by atoms with Crippen molar-refractivity contribution in [2.45, 2.75) is 76.5 Å². The van der Waals surface area contributed by atoms with E-state index in [1.165, 1.54) is 12.1 Å². The summed E-state index contributed by atoms with van der Waals surface area (Å²) in [5, 5.41) is 26.4. The molecule has 39 heavy (non-hydrogen) atoms. The first kappa shape index (κ1) is 32.8. The molecule has 11 N–H and O–H groups in total. The fourth-order valence-corrected chi connectivity index (χ4v) is 3.55. The number of carboxylic acid groups (broad SMARTS) is 1. The molecule has 0 heterocycles. The second-order valence-electron chi connectivity index (χ2n) is 9.32. The molecule has 1 aromatic carbocycles. The van der Waals surface area contributed by atoms with Crippen molar-refractivity contribution in [2.75, 3.05) is 0 Å². The molecule has 0 bridgehead atoms. The summed E-state index contributed by atoms with van der Waals surface area (Å²) in [6, 6.07) is 0.948. The fraction of sp³-hybridized carbons (Fsp3) is 0.520. The lowest BCUT2D eigenvalue weighted by atomic mass is 9.96. The standard InChI is InChI=1S/C25H38N6O8/c1-3-13(2)21(24(37)29-17(25(38)39)9-11-20(28)34)31-23(36)18(12-14-4-6-15(32)7-5-14)30-22(35)16(26)8-10-19(27)33/h4-7,13,16-18,21,32H,3,8-12,26H2,1-2H3,(H2,27,33)(H2,28,34)(H,29,37)(H,30,35)(H,31,36)(H,38,39)/t13-,16-,17-,18-,21-/m0/s1. The molecule has 0 aliphatic heterocycles. The normalized spacial score (nSPS) is 14.6. The van der Waals surface area contributed by atoms with E-state index < -0.39 is 65.6 Å². The molecule has 5 amide bonds. The van der Waals surface area contributed by atoms with Gasteiger partial charge >= 0.3 is 5.97 Å². The van der Waals surface area contributed by atoms with Crippen molar-refractivity contribution >= 4 is 35.5 Å². The van der Waals surface area contributed by atoms with Crippen LogP contribution in [0.5, 0.6) is 5.75 Å². The molecule has 0 aliphatic rings. The van der Waals surface area contributed by atoms with E-state index in [-0.39, 0.29) is 37.9 Å². The minimum absolute atomic E-state index is 0.00455. The maximum Gasteiger partial charge on any atom is 0.326 e. The van der Waals surface area contributed by atoms with E-state index in [0.717, 1.165) is 0 Å². The number of rotatable bonds is 17. The molecule has 1 aromatic rings. The number of hydrogen-bond acceptors (Lipinski definition) is 8. The first-order chi connectivity index (χ1) is 18.2. The molecule has 5 atom stereocenters. The average Bonchev–Trinajstić information content (AvgIpc) is 2.87. The predicted octanol–water partition coefficient (Wildman–Crippen LogP) is -1.62. The Hall–Kier alpha value is -4.20. The summed E-state index contributed by atoms with van der Waals surface area (Å²) in [5.41, 5.74) is 16.6. The predicted molar refractivity (Wildman–Crippen MR) is 140 cm³/mol. The summed E-state index contributed by atoms with van der Waals surface area (Å²) in [4.78, 5) is 72.8. The van der Waals surface area contributed by atoms with Gasteiger partial charge in [-0.25, -0.2) is 4.79 Å². The second-order valence-corrected chi connectivity index (χ2v) is 9.32. The zero-order valence-electron chi connectivity index (χ0n) is 22.0. The highest BCUT2D eigenvalue weighted by atomic mass is 16.4. The quantitative estimate of drug-likeness (QED) is 0.111. The Morgan fingerprint density at radius 1 is 0.821 bits per heavy atom. The molecule has 0 saturated carbocycles. The molecule has 216 valence electrons. The monoisotopic (exact) mass is 550 g/mol. The van der Waals surface area contributed by atoms with Crippen LogP contribution in [0, 0.1) is 5.92 Å². The van der Waals surface area contributed by atoms with Gasteiger partial charge in [-0.05, 0) is 36.5 Å². The van der Waals surface area contributed by atoms with Gasteiger partial charge in [0.1, 0.15) is 23.9 Å². The van der Waals surface area contributed by atoms with E-state index >= 15 is 0 Å². The van der Waals surface area contributed by atoms with E-state index in [9.17, 15) is 39.0 Å². The number of benzene rings is 1. The topological polar surface area (TPSA) is 257 Å². The minimum Gasteiger partial charge on any atom is -0.508 e. The molecule has 0 saturated heterocycles. The van der Waals surface area contributed by atoms with Gasteiger partial charge in [-0.1, -0.05) is 32.4 Å². The van der Waals surface area contributed by atoms with Crippen molar-refractivity contribution in [3.63, 3.8) is 0 Å². The molecular formula is C25H38N6O8. The van der Waals surface area contributed by atoms with E-state index in [4.69, 9.17) is 17.2 Å². The third kappa shape index (κ3) is 11.8. The SMILES string of the molecule is CC[C@H](C)[C@H](NC(=O)[C@H](Cc1ccc(O)cc1)NC(=O)[C@@H](N)CCC(N)=O)C(=O)N[C@@H](CCC(N)=O)C(=O)O. The lowest BCUT2D eigenvalue weighted by Gasteiger charge is -2.28. The van der Waals surface area contributed by atoms with E-state index in [1.807, 2.05) is 0 Å². The van der Waals surface area contributed by atoms with Crippen molar-refractivity contribution in [3.05, 3.63) is 29.8 Å². The van der Waals surface area contributed by atoms with Gasteiger partial charge in [0.05, 0.1) is 6.04 Å². The Labute approximate surface area is 226 Å². The van der Waals surface area contributed by atoms with Crippen molar-refractivity contribution in [1.29, 1.82) is 0 Å². The van der Waals surface area contributed by atoms with Crippen LogP contribution in [-0.4, -0.2) is 69.9 Å². The third-order valence-corrected chi connectivity index (χ3v) is 6.13. The van der Waals surface area contributed by atoms with Crippen LogP contribution in [0.3, 0.4) is 0 Å². The number of phenolic OH excluding ortho intramolecular Hbond substituents is 1. The number of hydrogen-bond donors (Lipinski definition) is 8. The van der Waals surface area contributed by atoms with Gasteiger partial charge in [0.2, 0.25) is 29.5 Å². The fourth-order valence-electron chi connectivity index (χ4n) is 3.55. The number of carboxylic acids is 1. The maximum atomic E-state index is 13.4. The Kier molecular flexibility index (Phi) is 13.4. The number of aromatic hydroxyl groups is 1. The van der Waals surface area contributed by atoms with Gasteiger partial charge < -0.3 is 43.4 Å². The van der Waals surface area contributed by atoms with E-state index in [2.05, 4.69) is 16.0 Å². The number of carbonyl (C=O) groups excluding carboxylic acids is 5. The molecule has 14 nitrogen and oxygen atoms in total. The van der Waals surface area contributed by atoms with Gasteiger partial charge in [-0.2, -0.15) is 0 Å². The Bertz CT molecular complexity index is 1030. The molecule has 0 aromatic heterocycles. The van der Waals surface area contributed by atoms with Gasteiger partial charge in [-0.3, -0.25) is 24.0 Å². The number of nitrogens with two attached hydrogens (primary N) is 3. The summed E-state index contributed by atoms with van der Waals surface area (Å²) in [7, 11) is 0. The van der Waals surface area contributed by atoms with Crippen LogP contribution in [0.25, 0.3) is 0 Å². The first-order valence-electron chi connectivity index (χ1n) is 12.5. The first-order valence-corrected chi connectivity index (χ1v) is 12.5. The summed E-state index contributed by atoms with van der Waals surface area (Å²) < 4.78 is 0. The molecular weight excluding hydrogens is 512 g/mol. The highest BCUT2D eigenvalue weighted by molar-refractivity contribution is 5.94. The van der Waals surface area contributed by atoms with Crippen LogP contribution < -0.4 is 33.2 Å². The molecule has 0 aliphatic carbocycles. The molecule has 0 fully saturated rings. The smallest absolute Gasteiger partial charge is 0.326 e. The maximum absolute atomic E-state index is 13.4. The largest absolute Gasteiger partial charge is 0.508 e. The van der Waals surface area contributed by atoms with Gasteiger partial charge in [-0.15, -0.1) is 0 Å². The summed E-state index contributed by atoms with van der Waals surface area (Å²) >= 11 is 0. The second kappa shape index (κ2) is 15.9. The van der Waals surface area contributed by atoms with Crippen molar-refractivity contribution in [1.82, 2.24) is 16.0 Å². The lowest BCUT2D eigenvalue weighted by molar-refractivity contribution is -0.143. The van der Waals surface area contributed by atoms with Crippen LogP contribution in [0.1, 0.15) is 51.5 Å². The highest BCUT2D eigenvalue weighted by Gasteiger charge is 2.33. The molecule has 0 radical (unpaired) electrons. The Morgan fingerprint density at radius 3 is 1.87 bits per heavy atom. The van der Waals surface area contributed by atoms with E-state index in [0.29, 0.717) is 12.0 Å². The van der Waals surface area contributed by atoms with Crippen LogP contribution in [-0.2, 0) is 35.2 Å². The number of amides is 5. The van der Waals surface area contributed by atoms with Crippen LogP contribution >= 0.6 is 0 Å². The number of primary amides is 2. The zero-order valence-corrected chi connectivity index (χ0v) is 22.0. The number of aliphatic carboxylic acids is 1. The molecule has 14 heteroatoms. The van der Waals surface area contributed by atoms with Crippen molar-refractivity contribution in [2.24, 2.45) is 23.1 Å². The molecule has 0 spiro atoms. The van der Waals surface area contributed by atoms with Crippen molar-refractivity contribution in [3.8, 4) is 5.75 Å².